The molecular weight excluding hydrogens is 322 g/mol. The monoisotopic (exact) mass is 343 g/mol. The second kappa shape index (κ2) is 9.24. The van der Waals surface area contributed by atoms with E-state index >= 15 is 0 Å². The molecule has 0 saturated carbocycles. The molecule has 24 heavy (non-hydrogen) atoms. The van der Waals surface area contributed by atoms with Gasteiger partial charge in [-0.3, -0.25) is 9.59 Å². The number of amides is 1. The zero-order valence-electron chi connectivity index (χ0n) is 13.8. The predicted octanol–water partition coefficient (Wildman–Crippen LogP) is 4.57. The van der Waals surface area contributed by atoms with Crippen LogP contribution in [0.2, 0.25) is 5.02 Å². The molecule has 0 aliphatic carbocycles. The second-order valence-corrected chi connectivity index (χ2v) is 6.15. The van der Waals surface area contributed by atoms with Crippen LogP contribution in [0.5, 0.6) is 0 Å². The quantitative estimate of drug-likeness (QED) is 0.713. The van der Waals surface area contributed by atoms with Gasteiger partial charge in [0, 0.05) is 30.0 Å². The number of nitrogens with one attached hydrogen (secondary N) is 1. The molecule has 3 nitrogen and oxygen atoms in total. The molecule has 2 rings (SSSR count). The Hall–Kier alpha value is -2.13. The molecule has 126 valence electrons. The molecule has 0 heterocycles. The lowest BCUT2D eigenvalue weighted by atomic mass is 10.0. The molecule has 2 aromatic carbocycles. The third-order valence-electron chi connectivity index (χ3n) is 3.83. The molecule has 1 amide bonds. The van der Waals surface area contributed by atoms with E-state index in [1.807, 2.05) is 42.5 Å². The number of carbonyl (C=O) groups is 2. The van der Waals surface area contributed by atoms with Gasteiger partial charge < -0.3 is 5.32 Å². The van der Waals surface area contributed by atoms with Gasteiger partial charge in [0.05, 0.1) is 0 Å². The van der Waals surface area contributed by atoms with Gasteiger partial charge in [0.2, 0.25) is 5.91 Å². The van der Waals surface area contributed by atoms with E-state index in [4.69, 9.17) is 11.6 Å². The minimum atomic E-state index is -0.147. The number of aryl methyl sites for hydroxylation is 1. The first-order valence-electron chi connectivity index (χ1n) is 8.22. The molecule has 0 unspecified atom stereocenters. The Labute approximate surface area is 148 Å². The molecule has 0 spiro atoms. The van der Waals surface area contributed by atoms with Crippen LogP contribution in [-0.4, -0.2) is 11.7 Å². The van der Waals surface area contributed by atoms with Gasteiger partial charge in [0.25, 0.3) is 0 Å². The first kappa shape index (κ1) is 18.2. The molecule has 0 bridgehead atoms. The first-order chi connectivity index (χ1) is 11.6. The average Bonchev–Trinajstić information content (AvgIpc) is 2.60. The Balaban J connectivity index is 1.78. The van der Waals surface area contributed by atoms with E-state index in [9.17, 15) is 9.59 Å². The molecule has 0 atom stereocenters. The molecule has 0 aliphatic rings. The van der Waals surface area contributed by atoms with Crippen molar-refractivity contribution in [2.75, 3.05) is 0 Å². The van der Waals surface area contributed by atoms with E-state index in [2.05, 4.69) is 12.2 Å². The Morgan fingerprint density at radius 3 is 2.38 bits per heavy atom. The summed E-state index contributed by atoms with van der Waals surface area (Å²) in [5.74, 6) is -0.156. The van der Waals surface area contributed by atoms with Crippen molar-refractivity contribution < 1.29 is 9.59 Å². The minimum Gasteiger partial charge on any atom is -0.352 e. The summed E-state index contributed by atoms with van der Waals surface area (Å²) < 4.78 is 0. The first-order valence-corrected chi connectivity index (χ1v) is 8.60. The zero-order chi connectivity index (χ0) is 17.4. The van der Waals surface area contributed by atoms with Crippen LogP contribution in [-0.2, 0) is 17.8 Å². The third kappa shape index (κ3) is 5.50. The highest BCUT2D eigenvalue weighted by Crippen LogP contribution is 2.14. The summed E-state index contributed by atoms with van der Waals surface area (Å²) in [4.78, 5) is 24.0. The van der Waals surface area contributed by atoms with Crippen LogP contribution in [0, 0.1) is 0 Å². The van der Waals surface area contributed by atoms with E-state index in [0.29, 0.717) is 17.1 Å². The summed E-state index contributed by atoms with van der Waals surface area (Å²) in [5, 5.41) is 3.42. The Kier molecular flexibility index (Phi) is 7.01. The summed E-state index contributed by atoms with van der Waals surface area (Å²) in [5.41, 5.74) is 2.76. The van der Waals surface area contributed by atoms with Gasteiger partial charge in [-0.2, -0.15) is 0 Å². The van der Waals surface area contributed by atoms with Gasteiger partial charge in [-0.1, -0.05) is 67.4 Å². The van der Waals surface area contributed by atoms with Crippen LogP contribution >= 0.6 is 11.6 Å². The lowest BCUT2D eigenvalue weighted by molar-refractivity contribution is -0.121. The molecule has 0 saturated heterocycles. The summed E-state index contributed by atoms with van der Waals surface area (Å²) in [6, 6.07) is 15.0. The van der Waals surface area contributed by atoms with Crippen LogP contribution in [0.25, 0.3) is 0 Å². The number of rotatable bonds is 8. The van der Waals surface area contributed by atoms with Crippen LogP contribution in [0.4, 0.5) is 0 Å². The van der Waals surface area contributed by atoms with Gasteiger partial charge >= 0.3 is 0 Å². The highest BCUT2D eigenvalue weighted by atomic mass is 35.5. The minimum absolute atomic E-state index is 0.00839. The van der Waals surface area contributed by atoms with E-state index in [-0.39, 0.29) is 24.5 Å². The number of hydrogen-bond donors (Lipinski definition) is 1. The largest absolute Gasteiger partial charge is 0.352 e. The SMILES string of the molecule is CCCc1ccc(C(=O)CCC(=O)NCc2ccccc2Cl)cc1. The topological polar surface area (TPSA) is 46.2 Å². The molecule has 0 fully saturated rings. The van der Waals surface area contributed by atoms with E-state index < -0.39 is 0 Å². The number of Topliss-reactive ketones (excluding diaryl/α,β-unsaturated/α-hetero) is 1. The average molecular weight is 344 g/mol. The summed E-state index contributed by atoms with van der Waals surface area (Å²) in [6.07, 6.45) is 2.49. The molecule has 0 aromatic heterocycles. The molecule has 2 aromatic rings. The van der Waals surface area contributed by atoms with Gasteiger partial charge in [-0.25, -0.2) is 0 Å². The molecule has 0 radical (unpaired) electrons. The summed E-state index contributed by atoms with van der Waals surface area (Å²) in [7, 11) is 0. The van der Waals surface area contributed by atoms with Crippen molar-refractivity contribution in [3.8, 4) is 0 Å². The van der Waals surface area contributed by atoms with E-state index in [1.165, 1.54) is 5.56 Å². The predicted molar refractivity (Wildman–Crippen MR) is 97.3 cm³/mol. The fourth-order valence-electron chi connectivity index (χ4n) is 2.44. The summed E-state index contributed by atoms with van der Waals surface area (Å²) >= 11 is 6.04. The summed E-state index contributed by atoms with van der Waals surface area (Å²) in [6.45, 7) is 2.50. The van der Waals surface area contributed by atoms with Crippen molar-refractivity contribution >= 4 is 23.3 Å². The molecule has 4 heteroatoms. The standard InChI is InChI=1S/C20H22ClNO2/c1-2-5-15-8-10-16(11-9-15)19(23)12-13-20(24)22-14-17-6-3-4-7-18(17)21/h3-4,6-11H,2,5,12-14H2,1H3,(H,22,24). The highest BCUT2D eigenvalue weighted by Gasteiger charge is 2.10. The van der Waals surface area contributed by atoms with Crippen molar-refractivity contribution in [1.29, 1.82) is 0 Å². The number of halogens is 1. The Morgan fingerprint density at radius 1 is 1.00 bits per heavy atom. The van der Waals surface area contributed by atoms with Crippen molar-refractivity contribution in [3.63, 3.8) is 0 Å². The number of ketones is 1. The lowest BCUT2D eigenvalue weighted by Gasteiger charge is -2.07. The maximum absolute atomic E-state index is 12.1. The van der Waals surface area contributed by atoms with Crippen molar-refractivity contribution in [3.05, 3.63) is 70.2 Å². The lowest BCUT2D eigenvalue weighted by Crippen LogP contribution is -2.23. The van der Waals surface area contributed by atoms with Gasteiger partial charge in [-0.15, -0.1) is 0 Å². The van der Waals surface area contributed by atoms with Crippen molar-refractivity contribution in [2.24, 2.45) is 0 Å². The maximum atomic E-state index is 12.1. The van der Waals surface area contributed by atoms with Crippen LogP contribution in [0.3, 0.4) is 0 Å². The fraction of sp³-hybridized carbons (Fsp3) is 0.300. The highest BCUT2D eigenvalue weighted by molar-refractivity contribution is 6.31. The number of benzene rings is 2. The van der Waals surface area contributed by atoms with Crippen LogP contribution < -0.4 is 5.32 Å². The smallest absolute Gasteiger partial charge is 0.220 e. The van der Waals surface area contributed by atoms with E-state index in [0.717, 1.165) is 18.4 Å². The van der Waals surface area contributed by atoms with Gasteiger partial charge in [-0.05, 0) is 23.6 Å². The Morgan fingerprint density at radius 2 is 1.71 bits per heavy atom. The third-order valence-corrected chi connectivity index (χ3v) is 4.20. The van der Waals surface area contributed by atoms with E-state index in [1.54, 1.807) is 6.07 Å². The Bertz CT molecular complexity index is 695. The van der Waals surface area contributed by atoms with Gasteiger partial charge in [0.15, 0.2) is 5.78 Å². The molecular formula is C20H22ClNO2. The van der Waals surface area contributed by atoms with Crippen molar-refractivity contribution in [2.45, 2.75) is 39.2 Å². The normalized spacial score (nSPS) is 10.4. The zero-order valence-corrected chi connectivity index (χ0v) is 14.6. The maximum Gasteiger partial charge on any atom is 0.220 e. The van der Waals surface area contributed by atoms with Crippen LogP contribution in [0.1, 0.15) is 47.7 Å². The van der Waals surface area contributed by atoms with Crippen LogP contribution in [0.15, 0.2) is 48.5 Å². The molecule has 0 aliphatic heterocycles. The number of hydrogen-bond acceptors (Lipinski definition) is 2. The van der Waals surface area contributed by atoms with Gasteiger partial charge in [0.1, 0.15) is 0 Å². The molecule has 1 N–H and O–H groups in total. The second-order valence-electron chi connectivity index (χ2n) is 5.74. The number of carbonyl (C=O) groups excluding carboxylic acids is 2. The van der Waals surface area contributed by atoms with Crippen molar-refractivity contribution in [1.82, 2.24) is 5.32 Å². The fourth-order valence-corrected chi connectivity index (χ4v) is 2.64.